The molecule has 0 aliphatic carbocycles. The minimum absolute atomic E-state index is 0.625. The summed E-state index contributed by atoms with van der Waals surface area (Å²) in [6.07, 6.45) is 2.07. The Balaban J connectivity index is 2.08. The van der Waals surface area contributed by atoms with Crippen LogP contribution in [0.15, 0.2) is 48.5 Å². The molecule has 0 saturated carbocycles. The van der Waals surface area contributed by atoms with Crippen LogP contribution in [0, 0.1) is 6.92 Å². The van der Waals surface area contributed by atoms with Crippen LogP contribution in [-0.4, -0.2) is 13.7 Å². The van der Waals surface area contributed by atoms with Crippen LogP contribution in [0.4, 0.5) is 0 Å². The molecule has 1 aliphatic rings. The van der Waals surface area contributed by atoms with E-state index >= 15 is 0 Å². The first kappa shape index (κ1) is 11.8. The fourth-order valence-electron chi connectivity index (χ4n) is 2.49. The molecule has 2 nitrogen and oxygen atoms in total. The fourth-order valence-corrected chi connectivity index (χ4v) is 2.49. The lowest BCUT2D eigenvalue weighted by molar-refractivity contribution is 0.356. The minimum Gasteiger partial charge on any atom is -0.489 e. The van der Waals surface area contributed by atoms with Crippen molar-refractivity contribution in [3.63, 3.8) is 0 Å². The van der Waals surface area contributed by atoms with Gasteiger partial charge in [-0.05, 0) is 41.8 Å². The summed E-state index contributed by atoms with van der Waals surface area (Å²) in [6, 6.07) is 14.8. The van der Waals surface area contributed by atoms with Crippen molar-refractivity contribution in [3.8, 4) is 16.9 Å². The predicted octanol–water partition coefficient (Wildman–Crippen LogP) is 3.61. The van der Waals surface area contributed by atoms with Gasteiger partial charge in [-0.15, -0.1) is 0 Å². The molecule has 0 bridgehead atoms. The molecule has 0 unspecified atom stereocenters. The molecular formula is C17H17NO. The van der Waals surface area contributed by atoms with Gasteiger partial charge in [0.1, 0.15) is 12.4 Å². The van der Waals surface area contributed by atoms with E-state index in [2.05, 4.69) is 60.8 Å². The molecule has 0 saturated heterocycles. The van der Waals surface area contributed by atoms with Crippen molar-refractivity contribution in [2.75, 3.05) is 13.7 Å². The van der Waals surface area contributed by atoms with Crippen LogP contribution in [0.5, 0.6) is 5.75 Å². The van der Waals surface area contributed by atoms with Crippen LogP contribution < -0.4 is 10.1 Å². The van der Waals surface area contributed by atoms with Crippen LogP contribution in [0.2, 0.25) is 0 Å². The van der Waals surface area contributed by atoms with E-state index in [-0.39, 0.29) is 0 Å². The van der Waals surface area contributed by atoms with Crippen molar-refractivity contribution in [2.45, 2.75) is 6.92 Å². The van der Waals surface area contributed by atoms with Gasteiger partial charge in [-0.3, -0.25) is 0 Å². The Hall–Kier alpha value is -2.22. The van der Waals surface area contributed by atoms with Crippen molar-refractivity contribution in [1.29, 1.82) is 0 Å². The maximum atomic E-state index is 5.74. The van der Waals surface area contributed by atoms with Crippen molar-refractivity contribution < 1.29 is 4.74 Å². The third-order valence-corrected chi connectivity index (χ3v) is 3.52. The van der Waals surface area contributed by atoms with Gasteiger partial charge in [-0.1, -0.05) is 30.3 Å². The molecule has 3 rings (SSSR count). The molecule has 1 aliphatic heterocycles. The second-order valence-corrected chi connectivity index (χ2v) is 4.70. The third-order valence-electron chi connectivity index (χ3n) is 3.52. The largest absolute Gasteiger partial charge is 0.489 e. The second-order valence-electron chi connectivity index (χ2n) is 4.70. The zero-order valence-corrected chi connectivity index (χ0v) is 11.2. The van der Waals surface area contributed by atoms with Gasteiger partial charge in [0.15, 0.2) is 0 Å². The van der Waals surface area contributed by atoms with Gasteiger partial charge in [0.25, 0.3) is 0 Å². The SMILES string of the molecule is CNC1=CCOc2cc(-c3ccccc3C)ccc21. The molecule has 2 aromatic carbocycles. The first-order chi connectivity index (χ1) is 9.29. The Kier molecular flexibility index (Phi) is 3.00. The highest BCUT2D eigenvalue weighted by atomic mass is 16.5. The van der Waals surface area contributed by atoms with Gasteiger partial charge in [0.05, 0.1) is 0 Å². The molecule has 19 heavy (non-hydrogen) atoms. The van der Waals surface area contributed by atoms with E-state index < -0.39 is 0 Å². The Morgan fingerprint density at radius 2 is 1.89 bits per heavy atom. The van der Waals surface area contributed by atoms with E-state index in [1.807, 2.05) is 7.05 Å². The summed E-state index contributed by atoms with van der Waals surface area (Å²) in [6.45, 7) is 2.76. The van der Waals surface area contributed by atoms with E-state index in [9.17, 15) is 0 Å². The van der Waals surface area contributed by atoms with Crippen LogP contribution in [0.25, 0.3) is 16.8 Å². The van der Waals surface area contributed by atoms with Gasteiger partial charge < -0.3 is 10.1 Å². The number of fused-ring (bicyclic) bond motifs is 1. The Bertz CT molecular complexity index is 643. The highest BCUT2D eigenvalue weighted by Crippen LogP contribution is 2.33. The lowest BCUT2D eigenvalue weighted by Gasteiger charge is -2.19. The lowest BCUT2D eigenvalue weighted by atomic mass is 9.97. The molecule has 2 heteroatoms. The molecule has 0 spiro atoms. The molecule has 2 aromatic rings. The smallest absolute Gasteiger partial charge is 0.129 e. The van der Waals surface area contributed by atoms with Gasteiger partial charge in [0.2, 0.25) is 0 Å². The Morgan fingerprint density at radius 3 is 2.68 bits per heavy atom. The van der Waals surface area contributed by atoms with Crippen molar-refractivity contribution in [3.05, 3.63) is 59.7 Å². The summed E-state index contributed by atoms with van der Waals surface area (Å²) in [5.74, 6) is 0.951. The molecule has 96 valence electrons. The summed E-state index contributed by atoms with van der Waals surface area (Å²) < 4.78 is 5.74. The monoisotopic (exact) mass is 251 g/mol. The summed E-state index contributed by atoms with van der Waals surface area (Å²) >= 11 is 0. The Labute approximate surface area is 113 Å². The normalized spacial score (nSPS) is 13.3. The number of hydrogen-bond acceptors (Lipinski definition) is 2. The number of benzene rings is 2. The number of ether oxygens (including phenoxy) is 1. The molecule has 0 aromatic heterocycles. The van der Waals surface area contributed by atoms with Crippen molar-refractivity contribution in [1.82, 2.24) is 5.32 Å². The number of nitrogens with one attached hydrogen (secondary N) is 1. The third kappa shape index (κ3) is 2.10. The van der Waals surface area contributed by atoms with E-state index in [4.69, 9.17) is 4.74 Å². The number of rotatable bonds is 2. The number of hydrogen-bond donors (Lipinski definition) is 1. The molecule has 0 amide bonds. The highest BCUT2D eigenvalue weighted by Gasteiger charge is 2.14. The average molecular weight is 251 g/mol. The topological polar surface area (TPSA) is 21.3 Å². The van der Waals surface area contributed by atoms with E-state index in [0.717, 1.165) is 17.0 Å². The van der Waals surface area contributed by atoms with Gasteiger partial charge >= 0.3 is 0 Å². The first-order valence-electron chi connectivity index (χ1n) is 6.51. The van der Waals surface area contributed by atoms with Crippen LogP contribution in [-0.2, 0) is 0 Å². The summed E-state index contributed by atoms with van der Waals surface area (Å²) in [5.41, 5.74) is 6.01. The highest BCUT2D eigenvalue weighted by molar-refractivity contribution is 5.76. The lowest BCUT2D eigenvalue weighted by Crippen LogP contribution is -2.13. The van der Waals surface area contributed by atoms with Crippen LogP contribution in [0.1, 0.15) is 11.1 Å². The quantitative estimate of drug-likeness (QED) is 0.880. The van der Waals surface area contributed by atoms with Gasteiger partial charge in [-0.2, -0.15) is 0 Å². The first-order valence-corrected chi connectivity index (χ1v) is 6.51. The predicted molar refractivity (Wildman–Crippen MR) is 79.1 cm³/mol. The summed E-state index contributed by atoms with van der Waals surface area (Å²) in [7, 11) is 1.94. The van der Waals surface area contributed by atoms with E-state index in [1.165, 1.54) is 16.7 Å². The summed E-state index contributed by atoms with van der Waals surface area (Å²) in [5, 5.41) is 3.21. The van der Waals surface area contributed by atoms with Crippen molar-refractivity contribution in [2.24, 2.45) is 0 Å². The summed E-state index contributed by atoms with van der Waals surface area (Å²) in [4.78, 5) is 0. The van der Waals surface area contributed by atoms with Crippen LogP contribution in [0.3, 0.4) is 0 Å². The van der Waals surface area contributed by atoms with Gasteiger partial charge in [-0.25, -0.2) is 0 Å². The Morgan fingerprint density at radius 1 is 1.05 bits per heavy atom. The molecule has 0 radical (unpaired) electrons. The number of aryl methyl sites for hydroxylation is 1. The zero-order chi connectivity index (χ0) is 13.2. The van der Waals surface area contributed by atoms with E-state index in [0.29, 0.717) is 6.61 Å². The maximum absolute atomic E-state index is 5.74. The molecule has 0 atom stereocenters. The zero-order valence-electron chi connectivity index (χ0n) is 11.2. The maximum Gasteiger partial charge on any atom is 0.129 e. The van der Waals surface area contributed by atoms with Gasteiger partial charge in [0, 0.05) is 18.3 Å². The van der Waals surface area contributed by atoms with E-state index in [1.54, 1.807) is 0 Å². The van der Waals surface area contributed by atoms with Crippen LogP contribution >= 0.6 is 0 Å². The van der Waals surface area contributed by atoms with Crippen molar-refractivity contribution >= 4 is 5.70 Å². The molecule has 1 N–H and O–H groups in total. The second kappa shape index (κ2) is 4.81. The molecule has 1 heterocycles. The average Bonchev–Trinajstić information content (AvgIpc) is 2.46. The molecular weight excluding hydrogens is 234 g/mol. The standard InChI is InChI=1S/C17H17NO/c1-12-5-3-4-6-14(12)13-7-8-15-16(18-2)9-10-19-17(15)11-13/h3-9,11,18H,10H2,1-2H3. The minimum atomic E-state index is 0.625. The molecule has 0 fully saturated rings. The fraction of sp³-hybridized carbons (Fsp3) is 0.176.